The third-order valence-corrected chi connectivity index (χ3v) is 4.70. The van der Waals surface area contributed by atoms with Crippen molar-refractivity contribution in [2.45, 2.75) is 45.3 Å². The number of rotatable bonds is 7. The molecular formula is C22H29NO3. The molecule has 4 nitrogen and oxygen atoms in total. The highest BCUT2D eigenvalue weighted by Crippen LogP contribution is 2.23. The van der Waals surface area contributed by atoms with Crippen LogP contribution < -0.4 is 4.74 Å². The van der Waals surface area contributed by atoms with Crippen LogP contribution in [0.5, 0.6) is 5.75 Å². The van der Waals surface area contributed by atoms with E-state index in [1.807, 2.05) is 62.5 Å². The van der Waals surface area contributed by atoms with Gasteiger partial charge in [-0.25, -0.2) is 0 Å². The Bertz CT molecular complexity index is 732. The topological polar surface area (TPSA) is 49.8 Å². The summed E-state index contributed by atoms with van der Waals surface area (Å²) in [6.07, 6.45) is 1.39. The largest absolute Gasteiger partial charge is 0.497 e. The first-order valence-electron chi connectivity index (χ1n) is 8.93. The van der Waals surface area contributed by atoms with Gasteiger partial charge in [0.2, 0.25) is 0 Å². The number of amides is 1. The number of hydrogen-bond donors (Lipinski definition) is 1. The maximum absolute atomic E-state index is 12.9. The first-order valence-corrected chi connectivity index (χ1v) is 8.93. The maximum atomic E-state index is 12.9. The zero-order valence-corrected chi connectivity index (χ0v) is 16.3. The molecular weight excluding hydrogens is 326 g/mol. The van der Waals surface area contributed by atoms with Gasteiger partial charge in [0.1, 0.15) is 5.75 Å². The van der Waals surface area contributed by atoms with Crippen molar-refractivity contribution >= 4 is 5.91 Å². The van der Waals surface area contributed by atoms with Crippen LogP contribution in [0.2, 0.25) is 0 Å². The Labute approximate surface area is 156 Å². The molecule has 0 saturated carbocycles. The molecule has 0 aliphatic carbocycles. The van der Waals surface area contributed by atoms with Crippen LogP contribution in [-0.4, -0.2) is 35.7 Å². The van der Waals surface area contributed by atoms with Crippen molar-refractivity contribution in [2.24, 2.45) is 0 Å². The molecule has 1 unspecified atom stereocenters. The molecule has 0 aromatic heterocycles. The van der Waals surface area contributed by atoms with E-state index in [1.165, 1.54) is 0 Å². The zero-order chi connectivity index (χ0) is 19.3. The SMILES string of the molecule is COc1ccc(C(C)N(C)C(=O)c2cccc(CCC(C)(C)O)c2)cc1. The van der Waals surface area contributed by atoms with Gasteiger partial charge in [-0.15, -0.1) is 0 Å². The zero-order valence-electron chi connectivity index (χ0n) is 16.3. The number of ether oxygens (including phenoxy) is 1. The van der Waals surface area contributed by atoms with Gasteiger partial charge in [0, 0.05) is 12.6 Å². The summed E-state index contributed by atoms with van der Waals surface area (Å²) in [5.41, 5.74) is 2.07. The predicted molar refractivity (Wildman–Crippen MR) is 105 cm³/mol. The number of methoxy groups -OCH3 is 1. The number of carbonyl (C=O) groups excluding carboxylic acids is 1. The Morgan fingerprint density at radius 1 is 1.19 bits per heavy atom. The van der Waals surface area contributed by atoms with Crippen molar-refractivity contribution in [3.63, 3.8) is 0 Å². The Balaban J connectivity index is 2.11. The van der Waals surface area contributed by atoms with Gasteiger partial charge < -0.3 is 14.7 Å². The molecule has 0 fully saturated rings. The summed E-state index contributed by atoms with van der Waals surface area (Å²) in [5.74, 6) is 0.785. The fourth-order valence-corrected chi connectivity index (χ4v) is 2.80. The van der Waals surface area contributed by atoms with Crippen LogP contribution >= 0.6 is 0 Å². The summed E-state index contributed by atoms with van der Waals surface area (Å²) in [7, 11) is 3.46. The van der Waals surface area contributed by atoms with Crippen molar-refractivity contribution in [2.75, 3.05) is 14.2 Å². The van der Waals surface area contributed by atoms with Crippen molar-refractivity contribution in [3.05, 3.63) is 65.2 Å². The van der Waals surface area contributed by atoms with Gasteiger partial charge in [0.15, 0.2) is 0 Å². The van der Waals surface area contributed by atoms with Crippen molar-refractivity contribution < 1.29 is 14.6 Å². The van der Waals surface area contributed by atoms with Crippen molar-refractivity contribution in [1.82, 2.24) is 4.90 Å². The molecule has 1 amide bonds. The van der Waals surface area contributed by atoms with Gasteiger partial charge >= 0.3 is 0 Å². The summed E-state index contributed by atoms with van der Waals surface area (Å²) < 4.78 is 5.19. The highest BCUT2D eigenvalue weighted by Gasteiger charge is 2.19. The molecule has 2 aromatic rings. The van der Waals surface area contributed by atoms with Crippen LogP contribution in [0, 0.1) is 0 Å². The molecule has 0 radical (unpaired) electrons. The summed E-state index contributed by atoms with van der Waals surface area (Å²) in [4.78, 5) is 14.6. The molecule has 0 bridgehead atoms. The number of carbonyl (C=O) groups is 1. The van der Waals surface area contributed by atoms with E-state index in [4.69, 9.17) is 4.74 Å². The van der Waals surface area contributed by atoms with Crippen LogP contribution in [0.1, 0.15) is 54.7 Å². The fraction of sp³-hybridized carbons (Fsp3) is 0.409. The molecule has 2 rings (SSSR count). The highest BCUT2D eigenvalue weighted by atomic mass is 16.5. The second-order valence-corrected chi connectivity index (χ2v) is 7.38. The molecule has 0 heterocycles. The summed E-state index contributed by atoms with van der Waals surface area (Å²) >= 11 is 0. The second kappa shape index (κ2) is 8.37. The minimum Gasteiger partial charge on any atom is -0.497 e. The van der Waals surface area contributed by atoms with Gasteiger partial charge in [-0.05, 0) is 69.0 Å². The Kier molecular flexibility index (Phi) is 6.43. The van der Waals surface area contributed by atoms with E-state index in [9.17, 15) is 9.90 Å². The Hall–Kier alpha value is -2.33. The van der Waals surface area contributed by atoms with Gasteiger partial charge in [-0.1, -0.05) is 24.3 Å². The van der Waals surface area contributed by atoms with E-state index >= 15 is 0 Å². The van der Waals surface area contributed by atoms with E-state index in [1.54, 1.807) is 25.9 Å². The summed E-state index contributed by atoms with van der Waals surface area (Å²) in [6, 6.07) is 15.4. The van der Waals surface area contributed by atoms with E-state index in [0.29, 0.717) is 12.0 Å². The van der Waals surface area contributed by atoms with E-state index in [2.05, 4.69) is 0 Å². The fourth-order valence-electron chi connectivity index (χ4n) is 2.80. The van der Waals surface area contributed by atoms with Crippen LogP contribution in [0.4, 0.5) is 0 Å². The first-order chi connectivity index (χ1) is 12.2. The maximum Gasteiger partial charge on any atom is 0.254 e. The molecule has 140 valence electrons. The Morgan fingerprint density at radius 3 is 2.42 bits per heavy atom. The molecule has 2 aromatic carbocycles. The number of hydrogen-bond acceptors (Lipinski definition) is 3. The summed E-state index contributed by atoms with van der Waals surface area (Å²) in [5, 5.41) is 9.90. The second-order valence-electron chi connectivity index (χ2n) is 7.38. The number of aryl methyl sites for hydroxylation is 1. The normalized spacial score (nSPS) is 12.5. The van der Waals surface area contributed by atoms with Gasteiger partial charge in [-0.2, -0.15) is 0 Å². The van der Waals surface area contributed by atoms with Gasteiger partial charge in [-0.3, -0.25) is 4.79 Å². The highest BCUT2D eigenvalue weighted by molar-refractivity contribution is 5.94. The van der Waals surface area contributed by atoms with Gasteiger partial charge in [0.05, 0.1) is 18.8 Å². The number of benzene rings is 2. The van der Waals surface area contributed by atoms with E-state index in [0.717, 1.165) is 23.3 Å². The van der Waals surface area contributed by atoms with Crippen molar-refractivity contribution in [3.8, 4) is 5.75 Å². The molecule has 0 aliphatic rings. The molecule has 0 spiro atoms. The third-order valence-electron chi connectivity index (χ3n) is 4.70. The third kappa shape index (κ3) is 5.33. The van der Waals surface area contributed by atoms with E-state index in [-0.39, 0.29) is 11.9 Å². The lowest BCUT2D eigenvalue weighted by Crippen LogP contribution is -2.29. The average molecular weight is 355 g/mol. The predicted octanol–water partition coefficient (Wildman–Crippen LogP) is 4.23. The van der Waals surface area contributed by atoms with Crippen molar-refractivity contribution in [1.29, 1.82) is 0 Å². The molecule has 26 heavy (non-hydrogen) atoms. The molecule has 1 N–H and O–H groups in total. The van der Waals surface area contributed by atoms with Crippen LogP contribution in [-0.2, 0) is 6.42 Å². The molecule has 0 saturated heterocycles. The van der Waals surface area contributed by atoms with Crippen LogP contribution in [0.3, 0.4) is 0 Å². The smallest absolute Gasteiger partial charge is 0.254 e. The number of aliphatic hydroxyl groups is 1. The minimum absolute atomic E-state index is 0.0153. The van der Waals surface area contributed by atoms with Gasteiger partial charge in [0.25, 0.3) is 5.91 Å². The molecule has 0 aliphatic heterocycles. The molecule has 4 heteroatoms. The molecule has 1 atom stereocenters. The first kappa shape index (κ1) is 20.0. The number of nitrogens with zero attached hydrogens (tertiary/aromatic N) is 1. The van der Waals surface area contributed by atoms with E-state index < -0.39 is 5.60 Å². The lowest BCUT2D eigenvalue weighted by atomic mass is 9.97. The Morgan fingerprint density at radius 2 is 1.85 bits per heavy atom. The average Bonchev–Trinajstić information content (AvgIpc) is 2.64. The van der Waals surface area contributed by atoms with Crippen LogP contribution in [0.25, 0.3) is 0 Å². The standard InChI is InChI=1S/C22H29NO3/c1-16(18-9-11-20(26-5)12-10-18)23(4)21(24)19-8-6-7-17(15-19)13-14-22(2,3)25/h6-12,15-16,25H,13-14H2,1-5H3. The lowest BCUT2D eigenvalue weighted by molar-refractivity contribution is 0.0714. The monoisotopic (exact) mass is 355 g/mol. The quantitative estimate of drug-likeness (QED) is 0.808. The lowest BCUT2D eigenvalue weighted by Gasteiger charge is -2.26. The summed E-state index contributed by atoms with van der Waals surface area (Å²) in [6.45, 7) is 5.61. The minimum atomic E-state index is -0.709. The van der Waals surface area contributed by atoms with Crippen LogP contribution in [0.15, 0.2) is 48.5 Å².